The Kier molecular flexibility index (Phi) is 11.8. The highest BCUT2D eigenvalue weighted by molar-refractivity contribution is 6.30. The van der Waals surface area contributed by atoms with Crippen LogP contribution < -0.4 is 15.4 Å². The number of carbonyl (C=O) groups excluding carboxylic acids is 2. The molecule has 0 atom stereocenters. The number of methoxy groups -OCH3 is 1. The Bertz CT molecular complexity index is 2370. The van der Waals surface area contributed by atoms with Gasteiger partial charge in [-0.15, -0.1) is 13.2 Å². The zero-order valence-corrected chi connectivity index (χ0v) is 32.1. The fourth-order valence-corrected chi connectivity index (χ4v) is 7.99. The lowest BCUT2D eigenvalue weighted by Crippen LogP contribution is -2.28. The summed E-state index contributed by atoms with van der Waals surface area (Å²) in [4.78, 5) is 32.1. The topological polar surface area (TPSA) is 85.2 Å². The second-order valence-electron chi connectivity index (χ2n) is 14.2. The SMILES string of the molecule is C=CCCNC(=O)Cn1c(-c2ccc3nc(-c4cc(OC)ccc4-c4ccc(Cl)cc4)ccc3c2)c(C2CCCCC2)c2ccc(C(=O)NCCC=C)cc21. The molecule has 4 aromatic carbocycles. The molecule has 0 radical (unpaired) electrons. The predicted octanol–water partition coefficient (Wildman–Crippen LogP) is 10.9. The lowest BCUT2D eigenvalue weighted by molar-refractivity contribution is -0.121. The van der Waals surface area contributed by atoms with Crippen LogP contribution in [-0.4, -0.2) is 41.6 Å². The Hall–Kier alpha value is -5.66. The number of hydrogen-bond donors (Lipinski definition) is 2. The van der Waals surface area contributed by atoms with Crippen molar-refractivity contribution in [2.75, 3.05) is 20.2 Å². The quantitative estimate of drug-likeness (QED) is 0.0857. The molecule has 1 aliphatic carbocycles. The molecule has 8 heteroatoms. The van der Waals surface area contributed by atoms with Gasteiger partial charge in [0.2, 0.25) is 5.91 Å². The summed E-state index contributed by atoms with van der Waals surface area (Å²) >= 11 is 6.23. The molecule has 1 aliphatic rings. The van der Waals surface area contributed by atoms with E-state index in [0.29, 0.717) is 42.4 Å². The molecule has 2 aromatic heterocycles. The van der Waals surface area contributed by atoms with Crippen LogP contribution in [-0.2, 0) is 11.3 Å². The molecule has 0 saturated heterocycles. The maximum atomic E-state index is 13.6. The number of amides is 2. The summed E-state index contributed by atoms with van der Waals surface area (Å²) in [5, 5.41) is 8.83. The van der Waals surface area contributed by atoms with Crippen molar-refractivity contribution in [2.45, 2.75) is 57.4 Å². The summed E-state index contributed by atoms with van der Waals surface area (Å²) < 4.78 is 7.75. The number of aromatic nitrogens is 2. The Balaban J connectivity index is 1.37. The van der Waals surface area contributed by atoms with Crippen LogP contribution in [0.15, 0.2) is 116 Å². The van der Waals surface area contributed by atoms with Crippen LogP contribution in [0, 0.1) is 0 Å². The molecule has 280 valence electrons. The molecule has 6 aromatic rings. The Labute approximate surface area is 328 Å². The fraction of sp³-hybridized carbons (Fsp3) is 0.255. The highest BCUT2D eigenvalue weighted by Crippen LogP contribution is 2.45. The first-order valence-electron chi connectivity index (χ1n) is 19.2. The van der Waals surface area contributed by atoms with E-state index in [-0.39, 0.29) is 18.4 Å². The lowest BCUT2D eigenvalue weighted by Gasteiger charge is -2.24. The minimum Gasteiger partial charge on any atom is -0.497 e. The van der Waals surface area contributed by atoms with Gasteiger partial charge in [-0.05, 0) is 108 Å². The van der Waals surface area contributed by atoms with Crippen molar-refractivity contribution in [2.24, 2.45) is 0 Å². The van der Waals surface area contributed by atoms with Crippen LogP contribution in [0.1, 0.15) is 66.8 Å². The van der Waals surface area contributed by atoms with Gasteiger partial charge in [-0.3, -0.25) is 9.59 Å². The number of hydrogen-bond acceptors (Lipinski definition) is 4. The molecule has 2 heterocycles. The maximum absolute atomic E-state index is 13.6. The zero-order chi connectivity index (χ0) is 38.3. The number of benzene rings is 4. The lowest BCUT2D eigenvalue weighted by atomic mass is 9.81. The number of pyridine rings is 1. The average Bonchev–Trinajstić information content (AvgIpc) is 3.53. The molecular weight excluding hydrogens is 704 g/mol. The van der Waals surface area contributed by atoms with Crippen LogP contribution in [0.4, 0.5) is 0 Å². The first kappa shape index (κ1) is 37.6. The van der Waals surface area contributed by atoms with Crippen LogP contribution in [0.2, 0.25) is 5.02 Å². The summed E-state index contributed by atoms with van der Waals surface area (Å²) in [6.45, 7) is 8.73. The van der Waals surface area contributed by atoms with E-state index in [4.69, 9.17) is 21.3 Å². The van der Waals surface area contributed by atoms with Crippen LogP contribution in [0.5, 0.6) is 5.75 Å². The second-order valence-corrected chi connectivity index (χ2v) is 14.6. The Morgan fingerprint density at radius 3 is 2.33 bits per heavy atom. The van der Waals surface area contributed by atoms with Gasteiger partial charge in [0, 0.05) is 40.0 Å². The average molecular weight is 751 g/mol. The molecule has 1 saturated carbocycles. The molecule has 0 unspecified atom stereocenters. The third-order valence-electron chi connectivity index (χ3n) is 10.6. The minimum absolute atomic E-state index is 0.0853. The summed E-state index contributed by atoms with van der Waals surface area (Å²) in [6, 6.07) is 30.4. The van der Waals surface area contributed by atoms with E-state index in [9.17, 15) is 9.59 Å². The van der Waals surface area contributed by atoms with Crippen molar-refractivity contribution in [3.8, 4) is 39.4 Å². The number of carbonyl (C=O) groups is 2. The van der Waals surface area contributed by atoms with E-state index in [1.165, 1.54) is 12.0 Å². The number of nitrogens with one attached hydrogen (secondary N) is 2. The van der Waals surface area contributed by atoms with Crippen molar-refractivity contribution >= 4 is 45.2 Å². The van der Waals surface area contributed by atoms with Crippen LogP contribution in [0.25, 0.3) is 55.4 Å². The van der Waals surface area contributed by atoms with Crippen molar-refractivity contribution in [1.29, 1.82) is 0 Å². The summed E-state index contributed by atoms with van der Waals surface area (Å²) in [7, 11) is 1.67. The van der Waals surface area contributed by atoms with Gasteiger partial charge in [0.1, 0.15) is 12.3 Å². The molecule has 0 spiro atoms. The van der Waals surface area contributed by atoms with Gasteiger partial charge >= 0.3 is 0 Å². The molecule has 0 bridgehead atoms. The van der Waals surface area contributed by atoms with E-state index in [0.717, 1.165) is 86.9 Å². The number of rotatable bonds is 14. The van der Waals surface area contributed by atoms with Crippen molar-refractivity contribution in [1.82, 2.24) is 20.2 Å². The fourth-order valence-electron chi connectivity index (χ4n) is 7.87. The van der Waals surface area contributed by atoms with E-state index >= 15 is 0 Å². The normalized spacial score (nSPS) is 13.1. The zero-order valence-electron chi connectivity index (χ0n) is 31.4. The number of halogens is 1. The van der Waals surface area contributed by atoms with Crippen molar-refractivity contribution in [3.05, 3.63) is 132 Å². The van der Waals surface area contributed by atoms with Gasteiger partial charge in [-0.25, -0.2) is 4.98 Å². The predicted molar refractivity (Wildman–Crippen MR) is 226 cm³/mol. The van der Waals surface area contributed by atoms with E-state index in [1.807, 2.05) is 48.5 Å². The molecule has 0 aliphatic heterocycles. The smallest absolute Gasteiger partial charge is 0.251 e. The van der Waals surface area contributed by atoms with Gasteiger partial charge in [-0.1, -0.05) is 79.4 Å². The van der Waals surface area contributed by atoms with Gasteiger partial charge in [0.15, 0.2) is 0 Å². The first-order valence-corrected chi connectivity index (χ1v) is 19.5. The summed E-state index contributed by atoms with van der Waals surface area (Å²) in [5.74, 6) is 0.853. The first-order chi connectivity index (χ1) is 26.9. The number of nitrogens with zero attached hydrogens (tertiary/aromatic N) is 2. The highest BCUT2D eigenvalue weighted by Gasteiger charge is 2.28. The van der Waals surface area contributed by atoms with Gasteiger partial charge < -0.3 is 19.9 Å². The van der Waals surface area contributed by atoms with Gasteiger partial charge in [0.25, 0.3) is 5.91 Å². The molecule has 55 heavy (non-hydrogen) atoms. The van der Waals surface area contributed by atoms with Crippen LogP contribution >= 0.6 is 11.6 Å². The van der Waals surface area contributed by atoms with Gasteiger partial charge in [-0.2, -0.15) is 0 Å². The van der Waals surface area contributed by atoms with Crippen molar-refractivity contribution in [3.63, 3.8) is 0 Å². The maximum Gasteiger partial charge on any atom is 0.251 e. The number of ether oxygens (including phenoxy) is 1. The van der Waals surface area contributed by atoms with E-state index in [1.54, 1.807) is 19.3 Å². The Morgan fingerprint density at radius 2 is 1.58 bits per heavy atom. The number of fused-ring (bicyclic) bond motifs is 2. The van der Waals surface area contributed by atoms with Crippen LogP contribution in [0.3, 0.4) is 0 Å². The summed E-state index contributed by atoms with van der Waals surface area (Å²) in [5.41, 5.74) is 9.44. The monoisotopic (exact) mass is 750 g/mol. The highest BCUT2D eigenvalue weighted by atomic mass is 35.5. The Morgan fingerprint density at radius 1 is 0.836 bits per heavy atom. The molecular formula is C47H47ClN4O3. The second kappa shape index (κ2) is 17.2. The minimum atomic E-state index is -0.143. The van der Waals surface area contributed by atoms with Gasteiger partial charge in [0.05, 0.1) is 29.5 Å². The third-order valence-corrected chi connectivity index (χ3v) is 10.9. The van der Waals surface area contributed by atoms with Crippen molar-refractivity contribution < 1.29 is 14.3 Å². The van der Waals surface area contributed by atoms with E-state index < -0.39 is 0 Å². The standard InChI is InChI=1S/C47H47ClN4O3/c1-4-6-25-49-44(53)30-52-43-28-35(47(54)50-26-7-5-2)15-21-39(43)45(32-11-9-8-10-12-32)46(52)34-17-23-41-33(27-34)16-24-42(51-41)40-29-37(55-3)20-22-38(40)31-13-18-36(48)19-14-31/h4-5,13-24,27-29,32H,1-2,6-12,25-26,30H2,3H3,(H,49,53)(H,50,54). The third kappa shape index (κ3) is 8.23. The molecule has 1 fully saturated rings. The largest absolute Gasteiger partial charge is 0.497 e. The molecule has 7 nitrogen and oxygen atoms in total. The van der Waals surface area contributed by atoms with E-state index in [2.05, 4.69) is 70.8 Å². The molecule has 2 N–H and O–H groups in total. The summed E-state index contributed by atoms with van der Waals surface area (Å²) in [6.07, 6.45) is 10.7. The molecule has 2 amide bonds. The molecule has 7 rings (SSSR count).